The molecule has 3 N–H and O–H groups in total. The number of thioether (sulfide) groups is 1. The van der Waals surface area contributed by atoms with Crippen molar-refractivity contribution in [2.75, 3.05) is 5.84 Å². The van der Waals surface area contributed by atoms with Gasteiger partial charge in [-0.25, -0.2) is 9.66 Å². The monoisotopic (exact) mass is 418 g/mol. The Labute approximate surface area is 167 Å². The van der Waals surface area contributed by atoms with Crippen LogP contribution in [0.25, 0.3) is 21.6 Å². The summed E-state index contributed by atoms with van der Waals surface area (Å²) in [5.74, 6) is 7.67. The van der Waals surface area contributed by atoms with Crippen LogP contribution in [0, 0.1) is 13.8 Å². The smallest absolute Gasteiger partial charge is 0.259 e. The molecule has 0 atom stereocenters. The largest absolute Gasteiger partial charge is 0.335 e. The number of nitrogen functional groups attached to an aromatic ring is 1. The fourth-order valence-corrected chi connectivity index (χ4v) is 4.57. The number of nitrogens with two attached hydrogens (primary N) is 1. The predicted molar refractivity (Wildman–Crippen MR) is 110 cm³/mol. The molecule has 0 saturated carbocycles. The number of nitrogens with zero attached hydrogens (tertiary/aromatic N) is 4. The Morgan fingerprint density at radius 1 is 1.26 bits per heavy atom. The number of aryl methyl sites for hydroxylation is 2. The first-order valence-electron chi connectivity index (χ1n) is 8.02. The summed E-state index contributed by atoms with van der Waals surface area (Å²) in [6.45, 7) is 3.93. The second-order valence-corrected chi connectivity index (χ2v) is 8.53. The maximum absolute atomic E-state index is 12.4. The molecule has 7 nitrogen and oxygen atoms in total. The summed E-state index contributed by atoms with van der Waals surface area (Å²) < 4.78 is 1.42. The van der Waals surface area contributed by atoms with E-state index in [1.54, 1.807) is 12.1 Å². The molecule has 0 unspecified atom stereocenters. The molecule has 0 aliphatic heterocycles. The van der Waals surface area contributed by atoms with Crippen molar-refractivity contribution in [1.29, 1.82) is 0 Å². The molecule has 138 valence electrons. The molecule has 0 bridgehead atoms. The van der Waals surface area contributed by atoms with Gasteiger partial charge in [-0.2, -0.15) is 0 Å². The van der Waals surface area contributed by atoms with Gasteiger partial charge in [0.15, 0.2) is 5.82 Å². The van der Waals surface area contributed by atoms with Crippen LogP contribution in [0.2, 0.25) is 5.02 Å². The van der Waals surface area contributed by atoms with E-state index in [-0.39, 0.29) is 5.56 Å². The fraction of sp³-hybridized carbons (Fsp3) is 0.176. The molecule has 27 heavy (non-hydrogen) atoms. The summed E-state index contributed by atoms with van der Waals surface area (Å²) in [7, 11) is 0. The highest BCUT2D eigenvalue weighted by Gasteiger charge is 2.15. The standard InChI is InChI=1S/C17H15ClN6OS2/c1-8-9(2)27-16-13(8)15(25)20-12(21-16)7-26-17-23-22-14(24(17)19)10-3-5-11(18)6-4-10/h3-6H,7,19H2,1-2H3,(H,20,21,25). The third-order valence-corrected chi connectivity index (χ3v) is 6.50. The molecule has 0 fully saturated rings. The minimum atomic E-state index is -0.117. The van der Waals surface area contributed by atoms with Crippen LogP contribution in [0.4, 0.5) is 0 Å². The van der Waals surface area contributed by atoms with Gasteiger partial charge in [0.05, 0.1) is 11.1 Å². The molecule has 1 aromatic carbocycles. The zero-order chi connectivity index (χ0) is 19.1. The number of thiophene rings is 1. The topological polar surface area (TPSA) is 102 Å². The zero-order valence-electron chi connectivity index (χ0n) is 14.5. The second kappa shape index (κ2) is 6.99. The Balaban J connectivity index is 1.58. The predicted octanol–water partition coefficient (Wildman–Crippen LogP) is 3.52. The third kappa shape index (κ3) is 3.33. The Morgan fingerprint density at radius 2 is 2.00 bits per heavy atom. The summed E-state index contributed by atoms with van der Waals surface area (Å²) >= 11 is 8.80. The molecule has 4 aromatic rings. The van der Waals surface area contributed by atoms with Crippen LogP contribution in [0.3, 0.4) is 0 Å². The number of halogens is 1. The van der Waals surface area contributed by atoms with E-state index in [0.717, 1.165) is 20.8 Å². The number of nitrogens with one attached hydrogen (secondary N) is 1. The maximum Gasteiger partial charge on any atom is 0.259 e. The van der Waals surface area contributed by atoms with Gasteiger partial charge < -0.3 is 10.8 Å². The summed E-state index contributed by atoms with van der Waals surface area (Å²) in [6.07, 6.45) is 0. The molecule has 0 aliphatic carbocycles. The van der Waals surface area contributed by atoms with E-state index in [0.29, 0.717) is 33.0 Å². The molecule has 0 saturated heterocycles. The lowest BCUT2D eigenvalue weighted by Gasteiger charge is -2.04. The number of rotatable bonds is 4. The van der Waals surface area contributed by atoms with Crippen molar-refractivity contribution in [3.63, 3.8) is 0 Å². The lowest BCUT2D eigenvalue weighted by molar-refractivity contribution is 0.848. The minimum Gasteiger partial charge on any atom is -0.335 e. The van der Waals surface area contributed by atoms with Gasteiger partial charge in [-0.05, 0) is 43.7 Å². The third-order valence-electron chi connectivity index (χ3n) is 4.19. The van der Waals surface area contributed by atoms with Crippen molar-refractivity contribution >= 4 is 44.9 Å². The molecule has 0 spiro atoms. The van der Waals surface area contributed by atoms with Crippen LogP contribution in [0.5, 0.6) is 0 Å². The average Bonchev–Trinajstić information content (AvgIpc) is 3.14. The highest BCUT2D eigenvalue weighted by molar-refractivity contribution is 7.98. The van der Waals surface area contributed by atoms with Crippen LogP contribution >= 0.6 is 34.7 Å². The molecule has 3 heterocycles. The number of aromatic amines is 1. The van der Waals surface area contributed by atoms with Crippen molar-refractivity contribution in [2.24, 2.45) is 0 Å². The number of fused-ring (bicyclic) bond motifs is 1. The van der Waals surface area contributed by atoms with Crippen molar-refractivity contribution in [1.82, 2.24) is 24.8 Å². The Kier molecular flexibility index (Phi) is 4.67. The minimum absolute atomic E-state index is 0.117. The Hall–Kier alpha value is -2.36. The number of hydrogen-bond donors (Lipinski definition) is 2. The van der Waals surface area contributed by atoms with E-state index < -0.39 is 0 Å². The Morgan fingerprint density at radius 3 is 2.74 bits per heavy atom. The number of H-pyrrole nitrogens is 1. The normalized spacial score (nSPS) is 11.4. The van der Waals surface area contributed by atoms with Gasteiger partial charge in [-0.15, -0.1) is 21.5 Å². The van der Waals surface area contributed by atoms with Gasteiger partial charge in [0, 0.05) is 15.5 Å². The van der Waals surface area contributed by atoms with Crippen LogP contribution in [-0.4, -0.2) is 24.8 Å². The second-order valence-electron chi connectivity index (χ2n) is 5.95. The Bertz CT molecular complexity index is 1190. The SMILES string of the molecule is Cc1sc2nc(CSc3nnc(-c4ccc(Cl)cc4)n3N)[nH]c(=O)c2c1C. The lowest BCUT2D eigenvalue weighted by atomic mass is 10.2. The van der Waals surface area contributed by atoms with E-state index in [9.17, 15) is 4.79 Å². The first kappa shape index (κ1) is 18.0. The van der Waals surface area contributed by atoms with E-state index in [4.69, 9.17) is 17.4 Å². The van der Waals surface area contributed by atoms with Gasteiger partial charge in [-0.3, -0.25) is 4.79 Å². The van der Waals surface area contributed by atoms with Crippen LogP contribution < -0.4 is 11.4 Å². The maximum atomic E-state index is 12.4. The van der Waals surface area contributed by atoms with E-state index in [1.165, 1.54) is 27.8 Å². The van der Waals surface area contributed by atoms with Gasteiger partial charge in [-0.1, -0.05) is 23.4 Å². The molecular formula is C17H15ClN6OS2. The zero-order valence-corrected chi connectivity index (χ0v) is 16.9. The van der Waals surface area contributed by atoms with Gasteiger partial charge in [0.25, 0.3) is 5.56 Å². The quantitative estimate of drug-likeness (QED) is 0.388. The first-order valence-corrected chi connectivity index (χ1v) is 10.2. The van der Waals surface area contributed by atoms with Crippen LogP contribution in [0.1, 0.15) is 16.3 Å². The molecule has 10 heteroatoms. The van der Waals surface area contributed by atoms with Crippen molar-refractivity contribution in [3.05, 3.63) is 55.9 Å². The van der Waals surface area contributed by atoms with E-state index in [2.05, 4.69) is 20.2 Å². The van der Waals surface area contributed by atoms with Crippen molar-refractivity contribution < 1.29 is 0 Å². The highest BCUT2D eigenvalue weighted by atomic mass is 35.5. The summed E-state index contributed by atoms with van der Waals surface area (Å²) in [5.41, 5.74) is 1.68. The lowest BCUT2D eigenvalue weighted by Crippen LogP contribution is -2.13. The average molecular weight is 419 g/mol. The number of benzene rings is 1. The van der Waals surface area contributed by atoms with E-state index in [1.807, 2.05) is 26.0 Å². The molecule has 0 radical (unpaired) electrons. The number of aromatic nitrogens is 5. The molecule has 0 amide bonds. The van der Waals surface area contributed by atoms with Gasteiger partial charge >= 0.3 is 0 Å². The van der Waals surface area contributed by atoms with Crippen molar-refractivity contribution in [2.45, 2.75) is 24.8 Å². The summed E-state index contributed by atoms with van der Waals surface area (Å²) in [6, 6.07) is 7.21. The molecule has 0 aliphatic rings. The summed E-state index contributed by atoms with van der Waals surface area (Å²) in [4.78, 5) is 21.6. The fourth-order valence-electron chi connectivity index (χ4n) is 2.67. The van der Waals surface area contributed by atoms with Gasteiger partial charge in [0.2, 0.25) is 5.16 Å². The van der Waals surface area contributed by atoms with Crippen molar-refractivity contribution in [3.8, 4) is 11.4 Å². The van der Waals surface area contributed by atoms with Crippen LogP contribution in [0.15, 0.2) is 34.2 Å². The molecule has 4 rings (SSSR count). The summed E-state index contributed by atoms with van der Waals surface area (Å²) in [5, 5.41) is 10.1. The molecular weight excluding hydrogens is 404 g/mol. The molecule has 3 aromatic heterocycles. The van der Waals surface area contributed by atoms with Gasteiger partial charge in [0.1, 0.15) is 10.7 Å². The first-order chi connectivity index (χ1) is 12.9. The number of hydrogen-bond acceptors (Lipinski definition) is 7. The van der Waals surface area contributed by atoms with E-state index >= 15 is 0 Å². The van der Waals surface area contributed by atoms with Crippen LogP contribution in [-0.2, 0) is 5.75 Å². The highest BCUT2D eigenvalue weighted by Crippen LogP contribution is 2.27.